The number of benzene rings is 4. The average molecular weight is 589 g/mol. The number of hydrazone groups is 1. The van der Waals surface area contributed by atoms with E-state index in [2.05, 4.69) is 15.8 Å². The smallest absolute Gasteiger partial charge is 0.283 e. The van der Waals surface area contributed by atoms with Crippen molar-refractivity contribution in [3.05, 3.63) is 130 Å². The lowest BCUT2D eigenvalue weighted by molar-refractivity contribution is -0.387. The summed E-state index contributed by atoms with van der Waals surface area (Å²) in [4.78, 5) is 45.1. The zero-order chi connectivity index (χ0) is 30.2. The standard InChI is InChI=1S/C32H24N6O4S/c1-21(39)34-26-14-8-13-25(18-26)31(40)37-33-20-22-15-16-30(29(17-22)38(41)42)43-32-35-27(23-9-4-2-5-10-23)19-28(36-32)24-11-6-3-7-12-24/h2-20H,1H3,(H,34,39)(H,37,40)/b33-20+. The van der Waals surface area contributed by atoms with Gasteiger partial charge in [-0.25, -0.2) is 15.4 Å². The first-order chi connectivity index (χ1) is 20.9. The molecule has 5 aromatic rings. The molecule has 0 unspecified atom stereocenters. The number of nitro benzene ring substituents is 1. The molecule has 43 heavy (non-hydrogen) atoms. The second kappa shape index (κ2) is 13.3. The molecule has 0 fully saturated rings. The predicted molar refractivity (Wildman–Crippen MR) is 166 cm³/mol. The van der Waals surface area contributed by atoms with E-state index in [1.54, 1.807) is 30.3 Å². The predicted octanol–water partition coefficient (Wildman–Crippen LogP) is 6.59. The highest BCUT2D eigenvalue weighted by Gasteiger charge is 2.18. The van der Waals surface area contributed by atoms with E-state index in [0.717, 1.165) is 22.9 Å². The highest BCUT2D eigenvalue weighted by Crippen LogP contribution is 2.35. The van der Waals surface area contributed by atoms with Crippen molar-refractivity contribution in [3.8, 4) is 22.5 Å². The summed E-state index contributed by atoms with van der Waals surface area (Å²) in [5, 5.41) is 18.9. The van der Waals surface area contributed by atoms with Crippen LogP contribution >= 0.6 is 11.8 Å². The molecule has 11 heteroatoms. The quantitative estimate of drug-likeness (QED) is 0.0856. The van der Waals surface area contributed by atoms with Gasteiger partial charge in [0.15, 0.2) is 5.16 Å². The Morgan fingerprint density at radius 2 is 1.49 bits per heavy atom. The molecule has 1 aromatic heterocycles. The minimum Gasteiger partial charge on any atom is -0.326 e. The number of aromatic nitrogens is 2. The second-order valence-electron chi connectivity index (χ2n) is 9.20. The maximum Gasteiger partial charge on any atom is 0.283 e. The van der Waals surface area contributed by atoms with Crippen LogP contribution in [0.25, 0.3) is 22.5 Å². The van der Waals surface area contributed by atoms with Crippen molar-refractivity contribution in [3.63, 3.8) is 0 Å². The number of anilines is 1. The van der Waals surface area contributed by atoms with E-state index in [1.807, 2.05) is 66.7 Å². The summed E-state index contributed by atoms with van der Waals surface area (Å²) in [7, 11) is 0. The van der Waals surface area contributed by atoms with Gasteiger partial charge in [0.1, 0.15) is 0 Å². The van der Waals surface area contributed by atoms with Crippen LogP contribution in [0.15, 0.2) is 124 Å². The largest absolute Gasteiger partial charge is 0.326 e. The number of carbonyl (C=O) groups excluding carboxylic acids is 2. The zero-order valence-corrected chi connectivity index (χ0v) is 23.6. The van der Waals surface area contributed by atoms with Crippen LogP contribution in [0, 0.1) is 10.1 Å². The van der Waals surface area contributed by atoms with Gasteiger partial charge in [-0.2, -0.15) is 5.10 Å². The third-order valence-electron chi connectivity index (χ3n) is 6.05. The Morgan fingerprint density at radius 3 is 2.09 bits per heavy atom. The summed E-state index contributed by atoms with van der Waals surface area (Å²) >= 11 is 1.09. The van der Waals surface area contributed by atoms with Crippen LogP contribution in [0.4, 0.5) is 11.4 Å². The molecule has 10 nitrogen and oxygen atoms in total. The molecule has 2 N–H and O–H groups in total. The molecule has 0 aliphatic carbocycles. The second-order valence-corrected chi connectivity index (χ2v) is 10.2. The SMILES string of the molecule is CC(=O)Nc1cccc(C(=O)N/N=C/c2ccc(Sc3nc(-c4ccccc4)cc(-c4ccccc4)n3)c([N+](=O)[O-])c2)c1. The van der Waals surface area contributed by atoms with Crippen molar-refractivity contribution >= 4 is 41.2 Å². The normalized spacial score (nSPS) is 10.8. The molecule has 0 spiro atoms. The van der Waals surface area contributed by atoms with Crippen LogP contribution in [0.3, 0.4) is 0 Å². The lowest BCUT2D eigenvalue weighted by Crippen LogP contribution is -2.18. The molecular weight excluding hydrogens is 564 g/mol. The fraction of sp³-hybridized carbons (Fsp3) is 0.0312. The van der Waals surface area contributed by atoms with E-state index in [0.29, 0.717) is 32.7 Å². The fourth-order valence-electron chi connectivity index (χ4n) is 4.10. The van der Waals surface area contributed by atoms with Crippen LogP contribution in [0.1, 0.15) is 22.8 Å². The van der Waals surface area contributed by atoms with Crippen molar-refractivity contribution < 1.29 is 14.5 Å². The van der Waals surface area contributed by atoms with Crippen LogP contribution in [-0.2, 0) is 4.79 Å². The van der Waals surface area contributed by atoms with E-state index in [1.165, 1.54) is 25.3 Å². The van der Waals surface area contributed by atoms with E-state index in [4.69, 9.17) is 9.97 Å². The molecule has 0 saturated heterocycles. The molecule has 1 heterocycles. The van der Waals surface area contributed by atoms with Gasteiger partial charge in [0.25, 0.3) is 11.6 Å². The molecular formula is C32H24N6O4S. The van der Waals surface area contributed by atoms with Crippen LogP contribution < -0.4 is 10.7 Å². The third kappa shape index (κ3) is 7.54. The Balaban J connectivity index is 1.38. The molecule has 0 saturated carbocycles. The molecule has 0 radical (unpaired) electrons. The number of nitrogens with zero attached hydrogens (tertiary/aromatic N) is 4. The van der Waals surface area contributed by atoms with Gasteiger partial charge in [-0.05, 0) is 42.1 Å². The van der Waals surface area contributed by atoms with E-state index in [-0.39, 0.29) is 17.2 Å². The minimum absolute atomic E-state index is 0.154. The fourth-order valence-corrected chi connectivity index (χ4v) is 4.96. The number of nitro groups is 1. The first-order valence-corrected chi connectivity index (χ1v) is 13.8. The first kappa shape index (κ1) is 28.8. The highest BCUT2D eigenvalue weighted by molar-refractivity contribution is 7.99. The number of nitrogens with one attached hydrogen (secondary N) is 2. The van der Waals surface area contributed by atoms with E-state index < -0.39 is 10.8 Å². The molecule has 2 amide bonds. The summed E-state index contributed by atoms with van der Waals surface area (Å²) in [5.41, 5.74) is 6.60. The summed E-state index contributed by atoms with van der Waals surface area (Å²) in [5.74, 6) is -0.763. The number of carbonyl (C=O) groups is 2. The minimum atomic E-state index is -0.505. The molecule has 5 rings (SSSR count). The highest BCUT2D eigenvalue weighted by atomic mass is 32.2. The molecule has 0 bridgehead atoms. The third-order valence-corrected chi connectivity index (χ3v) is 6.98. The maximum atomic E-state index is 12.5. The van der Waals surface area contributed by atoms with Crippen molar-refractivity contribution in [1.29, 1.82) is 0 Å². The van der Waals surface area contributed by atoms with Crippen molar-refractivity contribution in [2.24, 2.45) is 5.10 Å². The van der Waals surface area contributed by atoms with Gasteiger partial charge in [0.2, 0.25) is 5.91 Å². The van der Waals surface area contributed by atoms with Gasteiger partial charge in [-0.15, -0.1) is 0 Å². The number of hydrogen-bond donors (Lipinski definition) is 2. The topological polar surface area (TPSA) is 139 Å². The van der Waals surface area contributed by atoms with Gasteiger partial charge in [-0.3, -0.25) is 19.7 Å². The van der Waals surface area contributed by atoms with Crippen molar-refractivity contribution in [2.45, 2.75) is 17.0 Å². The lowest BCUT2D eigenvalue weighted by Gasteiger charge is -2.09. The van der Waals surface area contributed by atoms with E-state index >= 15 is 0 Å². The van der Waals surface area contributed by atoms with Crippen molar-refractivity contribution in [2.75, 3.05) is 5.32 Å². The van der Waals surface area contributed by atoms with Gasteiger partial charge in [0, 0.05) is 40.9 Å². The Hall–Kier alpha value is -5.68. The maximum absolute atomic E-state index is 12.5. The van der Waals surface area contributed by atoms with Crippen LogP contribution in [0.5, 0.6) is 0 Å². The monoisotopic (exact) mass is 588 g/mol. The molecule has 212 valence electrons. The summed E-state index contributed by atoms with van der Waals surface area (Å²) in [6, 6.07) is 32.2. The summed E-state index contributed by atoms with van der Waals surface area (Å²) in [6.07, 6.45) is 1.32. The Morgan fingerprint density at radius 1 is 0.837 bits per heavy atom. The van der Waals surface area contributed by atoms with Crippen LogP contribution in [0.2, 0.25) is 0 Å². The summed E-state index contributed by atoms with van der Waals surface area (Å²) < 4.78 is 0. The summed E-state index contributed by atoms with van der Waals surface area (Å²) in [6.45, 7) is 1.37. The molecule has 0 aliphatic heterocycles. The zero-order valence-electron chi connectivity index (χ0n) is 22.8. The van der Waals surface area contributed by atoms with Gasteiger partial charge >= 0.3 is 0 Å². The first-order valence-electron chi connectivity index (χ1n) is 13.0. The Labute approximate surface area is 251 Å². The van der Waals surface area contributed by atoms with Gasteiger partial charge in [0.05, 0.1) is 27.4 Å². The number of rotatable bonds is 9. The molecule has 0 atom stereocenters. The number of amides is 2. The lowest BCUT2D eigenvalue weighted by atomic mass is 10.1. The Kier molecular flexibility index (Phi) is 8.93. The molecule has 4 aromatic carbocycles. The van der Waals surface area contributed by atoms with Crippen molar-refractivity contribution in [1.82, 2.24) is 15.4 Å². The average Bonchev–Trinajstić information content (AvgIpc) is 3.02. The van der Waals surface area contributed by atoms with Crippen LogP contribution in [-0.4, -0.2) is 32.9 Å². The molecule has 0 aliphatic rings. The van der Waals surface area contributed by atoms with Gasteiger partial charge in [-0.1, -0.05) is 72.8 Å². The Bertz CT molecular complexity index is 1770. The van der Waals surface area contributed by atoms with Gasteiger partial charge < -0.3 is 5.32 Å². The number of hydrogen-bond acceptors (Lipinski definition) is 8. The van der Waals surface area contributed by atoms with E-state index in [9.17, 15) is 19.7 Å².